The molecule has 23 heavy (non-hydrogen) atoms. The molecule has 1 aliphatic heterocycles. The molecule has 0 bridgehead atoms. The van der Waals surface area contributed by atoms with Gasteiger partial charge < -0.3 is 9.88 Å². The number of carbonyl (C=O) groups is 1. The van der Waals surface area contributed by atoms with E-state index in [1.165, 1.54) is 22.2 Å². The maximum absolute atomic E-state index is 12.2. The Labute approximate surface area is 139 Å². The van der Waals surface area contributed by atoms with E-state index in [1.54, 1.807) is 0 Å². The Kier molecular flexibility index (Phi) is 4.74. The lowest BCUT2D eigenvalue weighted by Gasteiger charge is -2.32. The molecule has 124 valence electrons. The van der Waals surface area contributed by atoms with E-state index in [9.17, 15) is 4.79 Å². The minimum absolute atomic E-state index is 0.335. The third-order valence-corrected chi connectivity index (χ3v) is 5.07. The van der Waals surface area contributed by atoms with Crippen LogP contribution in [0.5, 0.6) is 0 Å². The maximum Gasteiger partial charge on any atom is 0.222 e. The van der Waals surface area contributed by atoms with Crippen molar-refractivity contribution in [3.8, 4) is 0 Å². The van der Waals surface area contributed by atoms with Gasteiger partial charge in [-0.1, -0.05) is 32.0 Å². The Morgan fingerprint density at radius 3 is 2.65 bits per heavy atom. The number of piperidine rings is 1. The Hall–Kier alpha value is -1.77. The second-order valence-electron chi connectivity index (χ2n) is 7.40. The van der Waals surface area contributed by atoms with E-state index in [1.807, 2.05) is 0 Å². The minimum Gasteiger partial charge on any atom is -0.358 e. The summed E-state index contributed by atoms with van der Waals surface area (Å²) in [5, 5.41) is 1.36. The summed E-state index contributed by atoms with van der Waals surface area (Å²) in [5.41, 5.74) is 4.00. The largest absolute Gasteiger partial charge is 0.358 e. The summed E-state index contributed by atoms with van der Waals surface area (Å²) >= 11 is 0. The van der Waals surface area contributed by atoms with Gasteiger partial charge in [-0.15, -0.1) is 0 Å². The van der Waals surface area contributed by atoms with Crippen LogP contribution >= 0.6 is 0 Å². The monoisotopic (exact) mass is 312 g/mol. The molecule has 1 amide bonds. The smallest absolute Gasteiger partial charge is 0.222 e. The second-order valence-corrected chi connectivity index (χ2v) is 7.40. The lowest BCUT2D eigenvalue weighted by Crippen LogP contribution is -2.39. The van der Waals surface area contributed by atoms with Crippen LogP contribution in [0.25, 0.3) is 10.9 Å². The zero-order chi connectivity index (χ0) is 16.4. The molecule has 3 nitrogen and oxygen atoms in total. The number of fused-ring (bicyclic) bond motifs is 1. The van der Waals surface area contributed by atoms with Crippen molar-refractivity contribution in [2.24, 2.45) is 11.8 Å². The van der Waals surface area contributed by atoms with Crippen molar-refractivity contribution in [2.75, 3.05) is 13.1 Å². The molecule has 0 radical (unpaired) electrons. The number of amides is 1. The van der Waals surface area contributed by atoms with E-state index in [2.05, 4.69) is 54.9 Å². The van der Waals surface area contributed by atoms with E-state index < -0.39 is 0 Å². The SMILES string of the molecule is Cc1[nH]c2ccccc2c1CC1CCN(C(=O)CC(C)C)CC1. The van der Waals surface area contributed by atoms with Crippen molar-refractivity contribution in [3.63, 3.8) is 0 Å². The molecule has 1 fully saturated rings. The lowest BCUT2D eigenvalue weighted by molar-refractivity contribution is -0.133. The quantitative estimate of drug-likeness (QED) is 0.897. The number of aromatic amines is 1. The number of hydrogen-bond acceptors (Lipinski definition) is 1. The fraction of sp³-hybridized carbons (Fsp3) is 0.550. The van der Waals surface area contributed by atoms with Gasteiger partial charge in [0.1, 0.15) is 0 Å². The summed E-state index contributed by atoms with van der Waals surface area (Å²) < 4.78 is 0. The third-order valence-electron chi connectivity index (χ3n) is 5.07. The molecular weight excluding hydrogens is 284 g/mol. The van der Waals surface area contributed by atoms with Crippen molar-refractivity contribution in [2.45, 2.75) is 46.5 Å². The molecule has 1 saturated heterocycles. The first-order valence-corrected chi connectivity index (χ1v) is 8.88. The number of likely N-dealkylation sites (tertiary alicyclic amines) is 1. The Morgan fingerprint density at radius 1 is 1.26 bits per heavy atom. The first-order chi connectivity index (χ1) is 11.0. The van der Waals surface area contributed by atoms with Gasteiger partial charge in [0, 0.05) is 36.1 Å². The van der Waals surface area contributed by atoms with Gasteiger partial charge in [0.15, 0.2) is 0 Å². The van der Waals surface area contributed by atoms with Crippen LogP contribution in [0.1, 0.15) is 44.4 Å². The highest BCUT2D eigenvalue weighted by molar-refractivity contribution is 5.84. The fourth-order valence-corrected chi connectivity index (χ4v) is 3.75. The Balaban J connectivity index is 1.62. The van der Waals surface area contributed by atoms with Crippen molar-refractivity contribution in [3.05, 3.63) is 35.5 Å². The topological polar surface area (TPSA) is 36.1 Å². The van der Waals surface area contributed by atoms with Crippen LogP contribution in [0.15, 0.2) is 24.3 Å². The molecule has 0 saturated carbocycles. The van der Waals surface area contributed by atoms with E-state index in [0.717, 1.165) is 32.4 Å². The van der Waals surface area contributed by atoms with Crippen molar-refractivity contribution in [1.29, 1.82) is 0 Å². The Bertz CT molecular complexity index is 678. The van der Waals surface area contributed by atoms with Gasteiger partial charge in [-0.05, 0) is 49.7 Å². The zero-order valence-corrected chi connectivity index (χ0v) is 14.6. The van der Waals surface area contributed by atoms with Crippen LogP contribution in [-0.2, 0) is 11.2 Å². The number of aromatic nitrogens is 1. The number of nitrogens with zero attached hydrogens (tertiary/aromatic N) is 1. The van der Waals surface area contributed by atoms with Gasteiger partial charge in [-0.2, -0.15) is 0 Å². The average molecular weight is 312 g/mol. The molecule has 2 aromatic rings. The fourth-order valence-electron chi connectivity index (χ4n) is 3.75. The summed E-state index contributed by atoms with van der Waals surface area (Å²) in [6.07, 6.45) is 4.07. The summed E-state index contributed by atoms with van der Waals surface area (Å²) in [4.78, 5) is 17.8. The third kappa shape index (κ3) is 3.60. The van der Waals surface area contributed by atoms with E-state index >= 15 is 0 Å². The summed E-state index contributed by atoms with van der Waals surface area (Å²) in [6.45, 7) is 8.26. The standard InChI is InChI=1S/C20H28N2O/c1-14(2)12-20(23)22-10-8-16(9-11-22)13-18-15(3)21-19-7-5-4-6-17(18)19/h4-7,14,16,21H,8-13H2,1-3H3. The average Bonchev–Trinajstić information content (AvgIpc) is 2.83. The summed E-state index contributed by atoms with van der Waals surface area (Å²) in [5.74, 6) is 1.48. The van der Waals surface area contributed by atoms with Gasteiger partial charge in [0.25, 0.3) is 0 Å². The summed E-state index contributed by atoms with van der Waals surface area (Å²) in [7, 11) is 0. The number of H-pyrrole nitrogens is 1. The molecular formula is C20H28N2O. The predicted molar refractivity (Wildman–Crippen MR) is 95.5 cm³/mol. The van der Waals surface area contributed by atoms with E-state index in [4.69, 9.17) is 0 Å². The molecule has 0 unspecified atom stereocenters. The molecule has 2 heterocycles. The molecule has 3 rings (SSSR count). The highest BCUT2D eigenvalue weighted by atomic mass is 16.2. The van der Waals surface area contributed by atoms with Gasteiger partial charge >= 0.3 is 0 Å². The van der Waals surface area contributed by atoms with Crippen molar-refractivity contribution >= 4 is 16.8 Å². The number of aryl methyl sites for hydroxylation is 1. The number of hydrogen-bond donors (Lipinski definition) is 1. The molecule has 0 atom stereocenters. The van der Waals surface area contributed by atoms with Crippen molar-refractivity contribution < 1.29 is 4.79 Å². The Morgan fingerprint density at radius 2 is 1.96 bits per heavy atom. The van der Waals surface area contributed by atoms with Gasteiger partial charge in [0.05, 0.1) is 0 Å². The molecule has 0 spiro atoms. The van der Waals surface area contributed by atoms with Crippen LogP contribution in [0.4, 0.5) is 0 Å². The number of para-hydroxylation sites is 1. The lowest BCUT2D eigenvalue weighted by atomic mass is 9.89. The molecule has 1 N–H and O–H groups in total. The van der Waals surface area contributed by atoms with Gasteiger partial charge in [-0.25, -0.2) is 0 Å². The minimum atomic E-state index is 0.335. The van der Waals surface area contributed by atoms with Crippen LogP contribution in [0, 0.1) is 18.8 Å². The van der Waals surface area contributed by atoms with Crippen LogP contribution in [0.3, 0.4) is 0 Å². The molecule has 0 aliphatic carbocycles. The first kappa shape index (κ1) is 16.1. The number of benzene rings is 1. The van der Waals surface area contributed by atoms with Crippen LogP contribution in [-0.4, -0.2) is 28.9 Å². The summed E-state index contributed by atoms with van der Waals surface area (Å²) in [6, 6.07) is 8.57. The molecule has 3 heteroatoms. The highest BCUT2D eigenvalue weighted by Crippen LogP contribution is 2.28. The van der Waals surface area contributed by atoms with Gasteiger partial charge in [0.2, 0.25) is 5.91 Å². The zero-order valence-electron chi connectivity index (χ0n) is 14.6. The molecule has 1 aromatic carbocycles. The predicted octanol–water partition coefficient (Wildman–Crippen LogP) is 4.30. The highest BCUT2D eigenvalue weighted by Gasteiger charge is 2.24. The second kappa shape index (κ2) is 6.77. The normalized spacial score (nSPS) is 16.4. The van der Waals surface area contributed by atoms with E-state index in [0.29, 0.717) is 24.2 Å². The van der Waals surface area contributed by atoms with E-state index in [-0.39, 0.29) is 0 Å². The molecule has 1 aromatic heterocycles. The van der Waals surface area contributed by atoms with Crippen molar-refractivity contribution in [1.82, 2.24) is 9.88 Å². The number of carbonyl (C=O) groups excluding carboxylic acids is 1. The maximum atomic E-state index is 12.2. The van der Waals surface area contributed by atoms with Gasteiger partial charge in [-0.3, -0.25) is 4.79 Å². The number of nitrogens with one attached hydrogen (secondary N) is 1. The van der Waals surface area contributed by atoms with Crippen LogP contribution < -0.4 is 0 Å². The number of rotatable bonds is 4. The van der Waals surface area contributed by atoms with Crippen LogP contribution in [0.2, 0.25) is 0 Å². The first-order valence-electron chi connectivity index (χ1n) is 8.88. The molecule has 1 aliphatic rings.